The minimum absolute atomic E-state index is 0.0411. The quantitative estimate of drug-likeness (QED) is 0.398. The Morgan fingerprint density at radius 1 is 0.947 bits per heavy atom. The second-order valence-electron chi connectivity index (χ2n) is 4.27. The van der Waals surface area contributed by atoms with Crippen molar-refractivity contribution >= 4 is 33.5 Å². The van der Waals surface area contributed by atoms with Crippen LogP contribution in [0.2, 0.25) is 0 Å². The summed E-state index contributed by atoms with van der Waals surface area (Å²) < 4.78 is 0. The van der Waals surface area contributed by atoms with Crippen molar-refractivity contribution in [2.24, 2.45) is 0 Å². The second kappa shape index (κ2) is 4.17. The Bertz CT molecular complexity index is 824. The summed E-state index contributed by atoms with van der Waals surface area (Å²) in [4.78, 5) is 21.2. The Kier molecular flexibility index (Phi) is 2.49. The fourth-order valence-corrected chi connectivity index (χ4v) is 2.21. The normalized spacial score (nSPS) is 10.7. The van der Waals surface area contributed by atoms with Crippen LogP contribution >= 0.6 is 0 Å². The number of carbonyl (C=O) groups excluding carboxylic acids is 1. The largest absolute Gasteiger partial charge is 0.285 e. The van der Waals surface area contributed by atoms with Gasteiger partial charge in [0.1, 0.15) is 0 Å². The lowest BCUT2D eigenvalue weighted by Gasteiger charge is -2.04. The number of nitro benzene ring substituents is 1. The van der Waals surface area contributed by atoms with Crippen LogP contribution in [0.5, 0.6) is 0 Å². The molecule has 0 aliphatic rings. The molecule has 0 aliphatic carbocycles. The average Bonchev–Trinajstić information content (AvgIpc) is 2.43. The van der Waals surface area contributed by atoms with E-state index in [1.165, 1.54) is 12.1 Å². The van der Waals surface area contributed by atoms with Crippen LogP contribution in [-0.2, 0) is 4.79 Å². The number of hydrogen-bond donors (Lipinski definition) is 0. The highest BCUT2D eigenvalue weighted by molar-refractivity contribution is 6.05. The molecule has 19 heavy (non-hydrogen) atoms. The van der Waals surface area contributed by atoms with Gasteiger partial charge >= 0.3 is 0 Å². The first-order valence-corrected chi connectivity index (χ1v) is 5.68. The molecule has 0 spiro atoms. The van der Waals surface area contributed by atoms with Crippen molar-refractivity contribution in [3.63, 3.8) is 0 Å². The lowest BCUT2D eigenvalue weighted by molar-refractivity contribution is -0.384. The smallest absolute Gasteiger partial charge is 0.270 e. The third-order valence-corrected chi connectivity index (χ3v) is 3.14. The summed E-state index contributed by atoms with van der Waals surface area (Å²) >= 11 is 0. The molecule has 0 N–H and O–H groups in total. The van der Waals surface area contributed by atoms with Gasteiger partial charge in [-0.3, -0.25) is 14.9 Å². The van der Waals surface area contributed by atoms with Gasteiger partial charge in [0.25, 0.3) is 5.69 Å². The van der Waals surface area contributed by atoms with Crippen LogP contribution in [0.15, 0.2) is 48.5 Å². The summed E-state index contributed by atoms with van der Waals surface area (Å²) in [6, 6.07) is 13.8. The van der Waals surface area contributed by atoms with Crippen LogP contribution in [0.25, 0.3) is 21.5 Å². The molecule has 0 unspecified atom stereocenters. The minimum atomic E-state index is -0.429. The van der Waals surface area contributed by atoms with E-state index in [9.17, 15) is 14.9 Å². The molecule has 0 atom stereocenters. The van der Waals surface area contributed by atoms with Crippen LogP contribution < -0.4 is 0 Å². The van der Waals surface area contributed by atoms with Crippen molar-refractivity contribution in [1.29, 1.82) is 0 Å². The lowest BCUT2D eigenvalue weighted by Crippen LogP contribution is -1.88. The fraction of sp³-hybridized carbons (Fsp3) is 0. The van der Waals surface area contributed by atoms with Gasteiger partial charge in [0.2, 0.25) is 6.29 Å². The number of hydrogen-bond acceptors (Lipinski definition) is 3. The standard InChI is InChI=1S/C15H8NO3/c17-9-12-3-1-2-11-6-10-4-5-14(16(18)19)7-13(10)8-15(11)12/h1-8H. The number of non-ortho nitro benzene ring substituents is 1. The predicted molar refractivity (Wildman–Crippen MR) is 72.9 cm³/mol. The summed E-state index contributed by atoms with van der Waals surface area (Å²) in [6.07, 6.45) is 1.89. The highest BCUT2D eigenvalue weighted by atomic mass is 16.6. The first-order chi connectivity index (χ1) is 9.19. The molecule has 0 aromatic heterocycles. The van der Waals surface area contributed by atoms with Gasteiger partial charge in [0, 0.05) is 17.7 Å². The summed E-state index contributed by atoms with van der Waals surface area (Å²) in [6.45, 7) is 0. The number of nitro groups is 1. The average molecular weight is 250 g/mol. The molecule has 3 aromatic rings. The van der Waals surface area contributed by atoms with Crippen LogP contribution in [0.1, 0.15) is 5.56 Å². The predicted octanol–water partition coefficient (Wildman–Crippen LogP) is 3.36. The Morgan fingerprint density at radius 3 is 2.53 bits per heavy atom. The summed E-state index contributed by atoms with van der Waals surface area (Å²) in [5.74, 6) is 0. The van der Waals surface area contributed by atoms with Crippen LogP contribution in [0.3, 0.4) is 0 Å². The van der Waals surface area contributed by atoms with E-state index in [2.05, 4.69) is 0 Å². The summed E-state index contributed by atoms with van der Waals surface area (Å²) in [5, 5.41) is 14.1. The highest BCUT2D eigenvalue weighted by Gasteiger charge is 2.08. The van der Waals surface area contributed by atoms with Gasteiger partial charge in [-0.1, -0.05) is 18.2 Å². The Labute approximate surface area is 108 Å². The molecule has 0 saturated carbocycles. The molecule has 91 valence electrons. The van der Waals surface area contributed by atoms with Crippen molar-refractivity contribution < 1.29 is 9.72 Å². The SMILES string of the molecule is O=[C]c1cccc2cc3ccc([N+](=O)[O-])cc3cc12. The van der Waals surface area contributed by atoms with E-state index in [-0.39, 0.29) is 5.69 Å². The number of fused-ring (bicyclic) bond motifs is 2. The third kappa shape index (κ3) is 1.83. The van der Waals surface area contributed by atoms with Crippen molar-refractivity contribution in [2.45, 2.75) is 0 Å². The highest BCUT2D eigenvalue weighted by Crippen LogP contribution is 2.27. The second-order valence-corrected chi connectivity index (χ2v) is 4.27. The third-order valence-electron chi connectivity index (χ3n) is 3.14. The lowest BCUT2D eigenvalue weighted by atomic mass is 10.00. The van der Waals surface area contributed by atoms with Gasteiger partial charge in [-0.15, -0.1) is 0 Å². The van der Waals surface area contributed by atoms with Crippen LogP contribution in [0.4, 0.5) is 5.69 Å². The molecular weight excluding hydrogens is 242 g/mol. The summed E-state index contributed by atoms with van der Waals surface area (Å²) in [7, 11) is 0. The molecule has 3 rings (SSSR count). The maximum absolute atomic E-state index is 10.9. The Morgan fingerprint density at radius 2 is 1.79 bits per heavy atom. The maximum Gasteiger partial charge on any atom is 0.270 e. The monoisotopic (exact) mass is 250 g/mol. The van der Waals surface area contributed by atoms with Crippen molar-refractivity contribution in [1.82, 2.24) is 0 Å². The van der Waals surface area contributed by atoms with Gasteiger partial charge < -0.3 is 0 Å². The fourth-order valence-electron chi connectivity index (χ4n) is 2.21. The first-order valence-electron chi connectivity index (χ1n) is 5.68. The van der Waals surface area contributed by atoms with E-state index in [4.69, 9.17) is 0 Å². The van der Waals surface area contributed by atoms with Crippen LogP contribution in [-0.4, -0.2) is 11.2 Å². The van der Waals surface area contributed by atoms with Gasteiger partial charge in [-0.05, 0) is 39.7 Å². The van der Waals surface area contributed by atoms with Crippen LogP contribution in [0, 0.1) is 10.1 Å². The zero-order valence-corrected chi connectivity index (χ0v) is 9.79. The number of nitrogens with zero attached hydrogens (tertiary/aromatic N) is 1. The van der Waals surface area contributed by atoms with E-state index >= 15 is 0 Å². The molecule has 0 amide bonds. The molecule has 0 heterocycles. The van der Waals surface area contributed by atoms with E-state index in [0.29, 0.717) is 5.56 Å². The number of rotatable bonds is 2. The molecule has 3 aromatic carbocycles. The van der Waals surface area contributed by atoms with Gasteiger partial charge in [-0.25, -0.2) is 0 Å². The number of benzene rings is 3. The van der Waals surface area contributed by atoms with Crippen molar-refractivity contribution in [3.8, 4) is 0 Å². The van der Waals surface area contributed by atoms with E-state index in [1.807, 2.05) is 18.4 Å². The zero-order chi connectivity index (χ0) is 13.4. The Balaban J connectivity index is 2.39. The summed E-state index contributed by atoms with van der Waals surface area (Å²) in [5.41, 5.74) is 0.505. The molecule has 0 saturated heterocycles. The Hall–Kier alpha value is -2.75. The van der Waals surface area contributed by atoms with Gasteiger partial charge in [0.15, 0.2) is 0 Å². The van der Waals surface area contributed by atoms with Crippen molar-refractivity contribution in [2.75, 3.05) is 0 Å². The first kappa shape index (κ1) is 11.3. The molecule has 4 nitrogen and oxygen atoms in total. The molecule has 4 heteroatoms. The molecule has 0 aliphatic heterocycles. The minimum Gasteiger partial charge on any atom is -0.285 e. The van der Waals surface area contributed by atoms with E-state index in [0.717, 1.165) is 21.5 Å². The maximum atomic E-state index is 10.9. The molecule has 1 radical (unpaired) electrons. The topological polar surface area (TPSA) is 60.2 Å². The zero-order valence-electron chi connectivity index (χ0n) is 9.79. The molecular formula is C15H8NO3. The van der Waals surface area contributed by atoms with E-state index in [1.54, 1.807) is 24.3 Å². The van der Waals surface area contributed by atoms with Gasteiger partial charge in [0.05, 0.1) is 4.92 Å². The molecule has 0 bridgehead atoms. The van der Waals surface area contributed by atoms with E-state index < -0.39 is 4.92 Å². The van der Waals surface area contributed by atoms with Crippen molar-refractivity contribution in [3.05, 3.63) is 64.2 Å². The van der Waals surface area contributed by atoms with Gasteiger partial charge in [-0.2, -0.15) is 0 Å². The molecule has 0 fully saturated rings.